The SMILES string of the molecule is O=C1C(=O)N(CN2CCN(Cc3cccc4ccccc34)CC2)C(=O)N1Cc1ccccc1. The number of imide groups is 2. The van der Waals surface area contributed by atoms with Gasteiger partial charge in [-0.1, -0.05) is 72.8 Å². The molecule has 0 N–H and O–H groups in total. The van der Waals surface area contributed by atoms with E-state index < -0.39 is 17.8 Å². The molecule has 4 amide bonds. The van der Waals surface area contributed by atoms with Crippen molar-refractivity contribution in [3.05, 3.63) is 83.9 Å². The fourth-order valence-corrected chi connectivity index (χ4v) is 4.54. The highest BCUT2D eigenvalue weighted by atomic mass is 16.2. The Morgan fingerprint density at radius 3 is 2.03 bits per heavy atom. The molecule has 0 radical (unpaired) electrons. The fourth-order valence-electron chi connectivity index (χ4n) is 4.54. The second-order valence-corrected chi connectivity index (χ2v) is 8.57. The summed E-state index contributed by atoms with van der Waals surface area (Å²) in [5, 5.41) is 2.51. The van der Waals surface area contributed by atoms with Crippen molar-refractivity contribution in [1.29, 1.82) is 0 Å². The van der Waals surface area contributed by atoms with Crippen molar-refractivity contribution in [1.82, 2.24) is 19.6 Å². The standard InChI is InChI=1S/C26H26N4O3/c31-24-25(32)30(26(33)29(24)17-20-7-2-1-3-8-20)19-28-15-13-27(14-16-28)18-22-11-6-10-21-9-4-5-12-23(21)22/h1-12H,13-19H2. The monoisotopic (exact) mass is 442 g/mol. The molecule has 0 bridgehead atoms. The zero-order valence-corrected chi connectivity index (χ0v) is 18.4. The van der Waals surface area contributed by atoms with Crippen molar-refractivity contribution >= 4 is 28.6 Å². The van der Waals surface area contributed by atoms with Crippen LogP contribution < -0.4 is 0 Å². The van der Waals surface area contributed by atoms with Gasteiger partial charge in [-0.3, -0.25) is 24.3 Å². The molecule has 3 aromatic rings. The Labute approximate surface area is 192 Å². The lowest BCUT2D eigenvalue weighted by molar-refractivity contribution is -0.144. The summed E-state index contributed by atoms with van der Waals surface area (Å²) in [7, 11) is 0. The lowest BCUT2D eigenvalue weighted by Gasteiger charge is -2.36. The number of benzene rings is 3. The minimum Gasteiger partial charge on any atom is -0.297 e. The molecule has 0 aromatic heterocycles. The largest absolute Gasteiger partial charge is 0.335 e. The zero-order chi connectivity index (χ0) is 22.8. The molecule has 2 fully saturated rings. The van der Waals surface area contributed by atoms with E-state index in [1.807, 2.05) is 30.3 Å². The van der Waals surface area contributed by atoms with E-state index in [-0.39, 0.29) is 13.2 Å². The first-order chi connectivity index (χ1) is 16.1. The van der Waals surface area contributed by atoms with Gasteiger partial charge in [0.05, 0.1) is 13.2 Å². The zero-order valence-electron chi connectivity index (χ0n) is 18.4. The fraction of sp³-hybridized carbons (Fsp3) is 0.269. The van der Waals surface area contributed by atoms with Crippen molar-refractivity contribution in [2.75, 3.05) is 32.8 Å². The molecule has 0 atom stereocenters. The van der Waals surface area contributed by atoms with E-state index in [9.17, 15) is 14.4 Å². The van der Waals surface area contributed by atoms with Crippen molar-refractivity contribution in [3.63, 3.8) is 0 Å². The molecule has 7 nitrogen and oxygen atoms in total. The Bertz CT molecular complexity index is 1180. The first-order valence-corrected chi connectivity index (χ1v) is 11.2. The Morgan fingerprint density at radius 1 is 0.606 bits per heavy atom. The van der Waals surface area contributed by atoms with Gasteiger partial charge < -0.3 is 0 Å². The Morgan fingerprint density at radius 2 is 1.24 bits per heavy atom. The number of rotatable bonds is 6. The molecule has 5 rings (SSSR count). The molecular formula is C26H26N4O3. The van der Waals surface area contributed by atoms with Gasteiger partial charge in [0.15, 0.2) is 0 Å². The second-order valence-electron chi connectivity index (χ2n) is 8.57. The third-order valence-corrected chi connectivity index (χ3v) is 6.40. The van der Waals surface area contributed by atoms with Gasteiger partial charge in [0, 0.05) is 32.7 Å². The van der Waals surface area contributed by atoms with Crippen LogP contribution in [0.3, 0.4) is 0 Å². The molecule has 2 saturated heterocycles. The van der Waals surface area contributed by atoms with Crippen LogP contribution in [0.4, 0.5) is 4.79 Å². The van der Waals surface area contributed by atoms with E-state index in [2.05, 4.69) is 52.3 Å². The Balaban J connectivity index is 1.18. The Kier molecular flexibility index (Phi) is 5.90. The van der Waals surface area contributed by atoms with E-state index in [0.717, 1.165) is 48.1 Å². The highest BCUT2D eigenvalue weighted by molar-refractivity contribution is 6.44. The molecule has 2 aliphatic heterocycles. The maximum atomic E-state index is 12.8. The van der Waals surface area contributed by atoms with E-state index >= 15 is 0 Å². The van der Waals surface area contributed by atoms with Crippen LogP contribution in [0.15, 0.2) is 72.8 Å². The normalized spacial score (nSPS) is 18.0. The molecule has 168 valence electrons. The summed E-state index contributed by atoms with van der Waals surface area (Å²) in [5.74, 6) is -1.49. The molecule has 33 heavy (non-hydrogen) atoms. The third kappa shape index (κ3) is 4.37. The van der Waals surface area contributed by atoms with Gasteiger partial charge in [-0.05, 0) is 21.9 Å². The van der Waals surface area contributed by atoms with E-state index in [1.165, 1.54) is 16.3 Å². The highest BCUT2D eigenvalue weighted by Gasteiger charge is 2.45. The summed E-state index contributed by atoms with van der Waals surface area (Å²) < 4.78 is 0. The molecule has 0 saturated carbocycles. The number of carbonyl (C=O) groups excluding carboxylic acids is 3. The van der Waals surface area contributed by atoms with E-state index in [4.69, 9.17) is 0 Å². The maximum absolute atomic E-state index is 12.8. The van der Waals surface area contributed by atoms with Gasteiger partial charge in [-0.2, -0.15) is 0 Å². The molecule has 7 heteroatoms. The minimum absolute atomic E-state index is 0.111. The minimum atomic E-state index is -0.751. The molecular weight excluding hydrogens is 416 g/mol. The van der Waals surface area contributed by atoms with Gasteiger partial charge in [-0.15, -0.1) is 0 Å². The molecule has 3 aromatic carbocycles. The topological polar surface area (TPSA) is 64.2 Å². The van der Waals surface area contributed by atoms with Crippen molar-refractivity contribution < 1.29 is 14.4 Å². The number of nitrogens with zero attached hydrogens (tertiary/aromatic N) is 4. The van der Waals surface area contributed by atoms with E-state index in [0.29, 0.717) is 0 Å². The van der Waals surface area contributed by atoms with Crippen LogP contribution in [0.5, 0.6) is 0 Å². The first-order valence-electron chi connectivity index (χ1n) is 11.2. The number of carbonyl (C=O) groups is 3. The number of hydrogen-bond donors (Lipinski definition) is 0. The molecule has 2 aliphatic rings. The number of amides is 4. The molecule has 2 heterocycles. The second kappa shape index (κ2) is 9.13. The number of piperazine rings is 1. The third-order valence-electron chi connectivity index (χ3n) is 6.40. The van der Waals surface area contributed by atoms with Crippen molar-refractivity contribution in [2.45, 2.75) is 13.1 Å². The van der Waals surface area contributed by atoms with Crippen LogP contribution in [-0.4, -0.2) is 70.3 Å². The Hall–Kier alpha value is -3.55. The quantitative estimate of drug-likeness (QED) is 0.434. The van der Waals surface area contributed by atoms with Crippen molar-refractivity contribution in [2.24, 2.45) is 0 Å². The lowest BCUT2D eigenvalue weighted by atomic mass is 10.0. The van der Waals surface area contributed by atoms with Gasteiger partial charge in [0.1, 0.15) is 0 Å². The summed E-state index contributed by atoms with van der Waals surface area (Å²) in [6.07, 6.45) is 0. The predicted octanol–water partition coefficient (Wildman–Crippen LogP) is 2.91. The van der Waals surface area contributed by atoms with Gasteiger partial charge in [-0.25, -0.2) is 9.69 Å². The van der Waals surface area contributed by atoms with Crippen LogP contribution in [0.25, 0.3) is 10.8 Å². The maximum Gasteiger partial charge on any atom is 0.335 e. The number of fused-ring (bicyclic) bond motifs is 1. The van der Waals surface area contributed by atoms with Crippen LogP contribution in [0, 0.1) is 0 Å². The molecule has 0 aliphatic carbocycles. The summed E-state index contributed by atoms with van der Waals surface area (Å²) in [6.45, 7) is 4.25. The highest BCUT2D eigenvalue weighted by Crippen LogP contribution is 2.21. The van der Waals surface area contributed by atoms with Crippen molar-refractivity contribution in [3.8, 4) is 0 Å². The summed E-state index contributed by atoms with van der Waals surface area (Å²) in [4.78, 5) is 44.3. The van der Waals surface area contributed by atoms with Gasteiger partial charge in [0.25, 0.3) is 0 Å². The number of hydrogen-bond acceptors (Lipinski definition) is 5. The molecule has 0 spiro atoms. The van der Waals surface area contributed by atoms with Crippen LogP contribution in [-0.2, 0) is 22.7 Å². The first kappa shape index (κ1) is 21.3. The predicted molar refractivity (Wildman–Crippen MR) is 125 cm³/mol. The summed E-state index contributed by atoms with van der Waals surface area (Å²) in [6, 6.07) is 23.5. The van der Waals surface area contributed by atoms with Crippen LogP contribution in [0.1, 0.15) is 11.1 Å². The van der Waals surface area contributed by atoms with Crippen LogP contribution in [0.2, 0.25) is 0 Å². The smallest absolute Gasteiger partial charge is 0.297 e. The van der Waals surface area contributed by atoms with Gasteiger partial charge in [0.2, 0.25) is 0 Å². The molecule has 0 unspecified atom stereocenters. The average Bonchev–Trinajstić information content (AvgIpc) is 3.04. The lowest BCUT2D eigenvalue weighted by Crippen LogP contribution is -2.51. The summed E-state index contributed by atoms with van der Waals surface area (Å²) >= 11 is 0. The van der Waals surface area contributed by atoms with Crippen LogP contribution >= 0.6 is 0 Å². The van der Waals surface area contributed by atoms with Gasteiger partial charge >= 0.3 is 17.8 Å². The summed E-state index contributed by atoms with van der Waals surface area (Å²) in [5.41, 5.74) is 2.12. The van der Waals surface area contributed by atoms with E-state index in [1.54, 1.807) is 0 Å². The number of urea groups is 1. The average molecular weight is 443 g/mol.